The van der Waals surface area contributed by atoms with Crippen molar-refractivity contribution in [2.24, 2.45) is 5.92 Å². The average Bonchev–Trinajstić information content (AvgIpc) is 2.95. The molecule has 1 amide bonds. The maximum atomic E-state index is 12.1. The zero-order chi connectivity index (χ0) is 15.0. The number of hydrogen-bond donors (Lipinski definition) is 1. The summed E-state index contributed by atoms with van der Waals surface area (Å²) in [7, 11) is 1.77. The monoisotopic (exact) mass is 325 g/mol. The maximum absolute atomic E-state index is 12.1. The van der Waals surface area contributed by atoms with E-state index in [1.807, 2.05) is 16.0 Å². The minimum atomic E-state index is -0.188. The molecule has 1 N–H and O–H groups in total. The van der Waals surface area contributed by atoms with E-state index in [0.29, 0.717) is 23.3 Å². The fourth-order valence-corrected chi connectivity index (χ4v) is 3.54. The molecule has 3 rings (SSSR count). The molecule has 0 unspecified atom stereocenters. The van der Waals surface area contributed by atoms with Gasteiger partial charge in [0.15, 0.2) is 10.1 Å². The number of fused-ring (bicyclic) bond motifs is 1. The van der Waals surface area contributed by atoms with Gasteiger partial charge in [0.05, 0.1) is 11.8 Å². The van der Waals surface area contributed by atoms with Crippen LogP contribution in [0.1, 0.15) is 18.5 Å². The number of aliphatic hydroxyl groups excluding tert-OH is 1. The molecule has 0 radical (unpaired) electrons. The van der Waals surface area contributed by atoms with Gasteiger partial charge in [-0.3, -0.25) is 9.20 Å². The lowest BCUT2D eigenvalue weighted by atomic mass is 9.82. The van der Waals surface area contributed by atoms with E-state index in [-0.39, 0.29) is 12.0 Å². The average molecular weight is 326 g/mol. The minimum absolute atomic E-state index is 0.0716. The van der Waals surface area contributed by atoms with Crippen LogP contribution < -0.4 is 0 Å². The van der Waals surface area contributed by atoms with Gasteiger partial charge in [-0.1, -0.05) is 11.6 Å². The van der Waals surface area contributed by atoms with Crippen LogP contribution in [0.4, 0.5) is 0 Å². The molecule has 0 saturated heterocycles. The maximum Gasteiger partial charge on any atom is 0.246 e. The highest BCUT2D eigenvalue weighted by molar-refractivity contribution is 7.15. The fraction of sp³-hybridized carbons (Fsp3) is 0.429. The Kier molecular flexibility index (Phi) is 4.01. The van der Waals surface area contributed by atoms with Crippen molar-refractivity contribution < 1.29 is 9.90 Å². The third-order valence-corrected chi connectivity index (χ3v) is 4.79. The summed E-state index contributed by atoms with van der Waals surface area (Å²) in [6.07, 6.45) is 6.47. The molecule has 1 fully saturated rings. The topological polar surface area (TPSA) is 57.8 Å². The molecule has 1 aliphatic carbocycles. The Bertz CT molecular complexity index is 688. The molecule has 21 heavy (non-hydrogen) atoms. The Morgan fingerprint density at radius 1 is 1.67 bits per heavy atom. The van der Waals surface area contributed by atoms with Gasteiger partial charge in [0.1, 0.15) is 0 Å². The molecule has 0 atom stereocenters. The molecule has 5 nitrogen and oxygen atoms in total. The molecule has 2 aromatic heterocycles. The van der Waals surface area contributed by atoms with Crippen molar-refractivity contribution in [1.29, 1.82) is 0 Å². The lowest BCUT2D eigenvalue weighted by Gasteiger charge is -2.34. The lowest BCUT2D eigenvalue weighted by Crippen LogP contribution is -2.39. The second-order valence-electron chi connectivity index (χ2n) is 5.39. The number of rotatable bonds is 4. The van der Waals surface area contributed by atoms with Crippen molar-refractivity contribution in [3.63, 3.8) is 0 Å². The molecule has 7 heteroatoms. The Morgan fingerprint density at radius 3 is 3.14 bits per heavy atom. The third kappa shape index (κ3) is 2.97. The van der Waals surface area contributed by atoms with Crippen LogP contribution in [0.25, 0.3) is 11.0 Å². The smallest absolute Gasteiger partial charge is 0.246 e. The number of imidazole rings is 1. The fourth-order valence-electron chi connectivity index (χ4n) is 2.53. The molecule has 2 heterocycles. The normalized spacial score (nSPS) is 21.9. The van der Waals surface area contributed by atoms with E-state index in [1.54, 1.807) is 18.0 Å². The second kappa shape index (κ2) is 5.79. The van der Waals surface area contributed by atoms with Gasteiger partial charge in [0, 0.05) is 31.2 Å². The number of amides is 1. The van der Waals surface area contributed by atoms with Crippen molar-refractivity contribution in [2.75, 3.05) is 13.6 Å². The first-order valence-electron chi connectivity index (χ1n) is 6.77. The quantitative estimate of drug-likeness (QED) is 0.877. The van der Waals surface area contributed by atoms with E-state index in [9.17, 15) is 9.90 Å². The van der Waals surface area contributed by atoms with Crippen LogP contribution in [-0.4, -0.2) is 45.0 Å². The second-order valence-corrected chi connectivity index (χ2v) is 6.62. The summed E-state index contributed by atoms with van der Waals surface area (Å²) in [6.45, 7) is 0.675. The van der Waals surface area contributed by atoms with Gasteiger partial charge >= 0.3 is 0 Å². The van der Waals surface area contributed by atoms with Crippen molar-refractivity contribution in [2.45, 2.75) is 18.9 Å². The predicted molar refractivity (Wildman–Crippen MR) is 83.5 cm³/mol. The van der Waals surface area contributed by atoms with E-state index in [4.69, 9.17) is 11.6 Å². The van der Waals surface area contributed by atoms with E-state index in [1.165, 1.54) is 17.4 Å². The summed E-state index contributed by atoms with van der Waals surface area (Å²) in [5, 5.41) is 11.6. The summed E-state index contributed by atoms with van der Waals surface area (Å²) in [5.74, 6) is 0.335. The zero-order valence-electron chi connectivity index (χ0n) is 11.6. The number of thiazole rings is 1. The molecular weight excluding hydrogens is 310 g/mol. The number of nitrogens with zero attached hydrogens (tertiary/aromatic N) is 3. The highest BCUT2D eigenvalue weighted by atomic mass is 35.5. The van der Waals surface area contributed by atoms with Gasteiger partial charge in [0.25, 0.3) is 0 Å². The number of aliphatic hydroxyl groups is 1. The summed E-state index contributed by atoms with van der Waals surface area (Å²) in [5.41, 5.74) is 0.716. The molecule has 112 valence electrons. The molecular formula is C14H16ClN3O2S. The molecule has 0 spiro atoms. The Balaban J connectivity index is 1.66. The van der Waals surface area contributed by atoms with E-state index in [2.05, 4.69) is 4.98 Å². The summed E-state index contributed by atoms with van der Waals surface area (Å²) >= 11 is 7.57. The van der Waals surface area contributed by atoms with Crippen LogP contribution in [-0.2, 0) is 4.79 Å². The van der Waals surface area contributed by atoms with E-state index < -0.39 is 0 Å². The van der Waals surface area contributed by atoms with Gasteiger partial charge in [-0.2, -0.15) is 0 Å². The van der Waals surface area contributed by atoms with Crippen LogP contribution in [0.15, 0.2) is 17.7 Å². The SMILES string of the molecule is CN(CC1CC(O)C1)C(=O)C=Cc1c(Cl)nc2sccn12. The minimum Gasteiger partial charge on any atom is -0.393 e. The van der Waals surface area contributed by atoms with Crippen molar-refractivity contribution in [3.8, 4) is 0 Å². The zero-order valence-corrected chi connectivity index (χ0v) is 13.1. The highest BCUT2D eigenvalue weighted by Gasteiger charge is 2.28. The first-order chi connectivity index (χ1) is 10.0. The van der Waals surface area contributed by atoms with Gasteiger partial charge in [-0.05, 0) is 24.8 Å². The molecule has 0 bridgehead atoms. The Morgan fingerprint density at radius 2 is 2.43 bits per heavy atom. The van der Waals surface area contributed by atoms with Crippen LogP contribution in [0.5, 0.6) is 0 Å². The summed E-state index contributed by atoms with van der Waals surface area (Å²) < 4.78 is 1.86. The molecule has 0 aromatic carbocycles. The van der Waals surface area contributed by atoms with Gasteiger partial charge in [-0.25, -0.2) is 4.98 Å². The Labute approximate surface area is 131 Å². The number of aromatic nitrogens is 2. The van der Waals surface area contributed by atoms with Gasteiger partial charge in [0.2, 0.25) is 5.91 Å². The van der Waals surface area contributed by atoms with Crippen molar-refractivity contribution in [3.05, 3.63) is 28.5 Å². The number of hydrogen-bond acceptors (Lipinski definition) is 4. The Hall–Kier alpha value is -1.37. The molecule has 1 saturated carbocycles. The number of likely N-dealkylation sites (N-methyl/N-ethyl adjacent to an activating group) is 1. The summed E-state index contributed by atoms with van der Waals surface area (Å²) in [4.78, 5) is 18.8. The van der Waals surface area contributed by atoms with E-state index >= 15 is 0 Å². The van der Waals surface area contributed by atoms with Crippen LogP contribution in [0.3, 0.4) is 0 Å². The molecule has 1 aliphatic rings. The largest absolute Gasteiger partial charge is 0.393 e. The van der Waals surface area contributed by atoms with Crippen LogP contribution in [0.2, 0.25) is 5.15 Å². The lowest BCUT2D eigenvalue weighted by molar-refractivity contribution is -0.126. The van der Waals surface area contributed by atoms with Crippen LogP contribution in [0, 0.1) is 5.92 Å². The third-order valence-electron chi connectivity index (χ3n) is 3.76. The number of halogens is 1. The predicted octanol–water partition coefficient (Wildman–Crippen LogP) is 2.29. The molecule has 2 aromatic rings. The molecule has 0 aliphatic heterocycles. The standard InChI is InChI=1S/C14H16ClN3O2S/c1-17(8-9-6-10(19)7-9)12(20)3-2-11-13(15)16-14-18(11)4-5-21-14/h2-5,9-10,19H,6-8H2,1H3. The van der Waals surface area contributed by atoms with Crippen molar-refractivity contribution in [1.82, 2.24) is 14.3 Å². The first-order valence-corrected chi connectivity index (χ1v) is 8.02. The number of carbonyl (C=O) groups excluding carboxylic acids is 1. The number of carbonyl (C=O) groups is 1. The van der Waals surface area contributed by atoms with Gasteiger partial charge < -0.3 is 10.0 Å². The highest BCUT2D eigenvalue weighted by Crippen LogP contribution is 2.27. The van der Waals surface area contributed by atoms with Gasteiger partial charge in [-0.15, -0.1) is 11.3 Å². The van der Waals surface area contributed by atoms with E-state index in [0.717, 1.165) is 17.8 Å². The van der Waals surface area contributed by atoms with Crippen molar-refractivity contribution >= 4 is 39.9 Å². The first kappa shape index (κ1) is 14.6. The summed E-state index contributed by atoms with van der Waals surface area (Å²) in [6, 6.07) is 0. The van der Waals surface area contributed by atoms with Crippen LogP contribution >= 0.6 is 22.9 Å².